The van der Waals surface area contributed by atoms with E-state index in [9.17, 15) is 14.1 Å². The number of ether oxygens (including phenoxy) is 2. The van der Waals surface area contributed by atoms with Crippen LogP contribution in [0.25, 0.3) is 0 Å². The molecule has 1 atom stereocenters. The first-order valence-corrected chi connectivity index (χ1v) is 13.5. The van der Waals surface area contributed by atoms with Crippen molar-refractivity contribution in [2.45, 2.75) is 32.8 Å². The molecule has 3 aromatic carbocycles. The highest BCUT2D eigenvalue weighted by Crippen LogP contribution is 2.49. The number of aryl methyl sites for hydroxylation is 2. The van der Waals surface area contributed by atoms with Crippen LogP contribution >= 0.6 is 7.60 Å². The molecule has 0 amide bonds. The normalized spacial score (nSPS) is 12.5. The molecule has 0 saturated heterocycles. The Morgan fingerprint density at radius 1 is 0.917 bits per heavy atom. The Labute approximate surface area is 212 Å². The summed E-state index contributed by atoms with van der Waals surface area (Å²) in [5, 5.41) is 10.6. The van der Waals surface area contributed by atoms with E-state index in [4.69, 9.17) is 18.5 Å². The highest BCUT2D eigenvalue weighted by molar-refractivity contribution is 7.53. The van der Waals surface area contributed by atoms with Crippen LogP contribution < -0.4 is 4.74 Å². The fourth-order valence-corrected chi connectivity index (χ4v) is 5.04. The second-order valence-electron chi connectivity index (χ2n) is 8.68. The van der Waals surface area contributed by atoms with Gasteiger partial charge in [-0.25, -0.2) is 4.39 Å². The zero-order chi connectivity index (χ0) is 26.1. The first-order chi connectivity index (χ1) is 17.2. The molecule has 8 heteroatoms. The van der Waals surface area contributed by atoms with E-state index in [-0.39, 0.29) is 18.8 Å². The van der Waals surface area contributed by atoms with Crippen molar-refractivity contribution in [3.8, 4) is 5.75 Å². The lowest BCUT2D eigenvalue weighted by molar-refractivity contribution is 0.0169. The Bertz CT molecular complexity index is 1130. The van der Waals surface area contributed by atoms with Gasteiger partial charge in [0.1, 0.15) is 11.6 Å². The van der Waals surface area contributed by atoms with Gasteiger partial charge in [-0.1, -0.05) is 36.4 Å². The average molecular weight is 517 g/mol. The van der Waals surface area contributed by atoms with Crippen molar-refractivity contribution in [2.75, 3.05) is 33.8 Å². The number of aliphatic hydroxyl groups is 1. The zero-order valence-electron chi connectivity index (χ0n) is 21.2. The summed E-state index contributed by atoms with van der Waals surface area (Å²) in [6, 6.07) is 18.1. The highest BCUT2D eigenvalue weighted by atomic mass is 31.2. The van der Waals surface area contributed by atoms with Gasteiger partial charge >= 0.3 is 7.60 Å². The van der Waals surface area contributed by atoms with E-state index in [1.807, 2.05) is 50.2 Å². The molecule has 1 N–H and O–H groups in total. The molecule has 0 aromatic heterocycles. The highest BCUT2D eigenvalue weighted by Gasteiger charge is 2.27. The largest absolute Gasteiger partial charge is 0.468 e. The second-order valence-corrected chi connectivity index (χ2v) is 11.0. The van der Waals surface area contributed by atoms with E-state index < -0.39 is 13.7 Å². The summed E-state index contributed by atoms with van der Waals surface area (Å²) < 4.78 is 46.4. The Morgan fingerprint density at radius 3 is 2.08 bits per heavy atom. The van der Waals surface area contributed by atoms with Crippen molar-refractivity contribution in [1.82, 2.24) is 0 Å². The van der Waals surface area contributed by atoms with Crippen molar-refractivity contribution in [3.63, 3.8) is 0 Å². The molecule has 0 fully saturated rings. The molecule has 0 aliphatic heterocycles. The first kappa shape index (κ1) is 28.0. The topological polar surface area (TPSA) is 74.2 Å². The van der Waals surface area contributed by atoms with E-state index in [2.05, 4.69) is 0 Å². The van der Waals surface area contributed by atoms with Crippen LogP contribution in [0.1, 0.15) is 39.5 Å². The summed E-state index contributed by atoms with van der Waals surface area (Å²) in [6.07, 6.45) is 0.374. The Balaban J connectivity index is 1.52. The maximum atomic E-state index is 12.9. The molecule has 3 aromatic rings. The minimum Gasteiger partial charge on any atom is -0.468 e. The van der Waals surface area contributed by atoms with Gasteiger partial charge < -0.3 is 23.6 Å². The Hall–Kier alpha value is -2.54. The first-order valence-electron chi connectivity index (χ1n) is 11.8. The lowest BCUT2D eigenvalue weighted by Gasteiger charge is -2.20. The molecule has 6 nitrogen and oxygen atoms in total. The Morgan fingerprint density at radius 2 is 1.50 bits per heavy atom. The maximum absolute atomic E-state index is 12.9. The van der Waals surface area contributed by atoms with Crippen molar-refractivity contribution in [1.29, 1.82) is 0 Å². The predicted molar refractivity (Wildman–Crippen MR) is 138 cm³/mol. The van der Waals surface area contributed by atoms with Gasteiger partial charge in [0.15, 0.2) is 6.79 Å². The summed E-state index contributed by atoms with van der Waals surface area (Å²) in [7, 11) is -0.685. The molecule has 0 saturated carbocycles. The van der Waals surface area contributed by atoms with E-state index in [0.29, 0.717) is 24.3 Å². The van der Waals surface area contributed by atoms with Crippen LogP contribution in [0.3, 0.4) is 0 Å². The van der Waals surface area contributed by atoms with Gasteiger partial charge in [-0.05, 0) is 84.3 Å². The number of rotatable bonds is 13. The minimum atomic E-state index is -3.32. The number of hydrogen-bond donors (Lipinski definition) is 1. The van der Waals surface area contributed by atoms with Crippen LogP contribution in [0.5, 0.6) is 5.75 Å². The molecule has 1 unspecified atom stereocenters. The molecule has 0 aliphatic rings. The van der Waals surface area contributed by atoms with Gasteiger partial charge in [0.2, 0.25) is 0 Å². The van der Waals surface area contributed by atoms with Crippen molar-refractivity contribution < 1.29 is 32.6 Å². The quantitative estimate of drug-likeness (QED) is 0.167. The standard InChI is InChI=1S/C28H34FO6P/c1-20-15-24(28(30)18-36(31,32-3)33-4)16-21(2)27(20)17-23-7-11-26(12-8-23)35-19-34-14-13-22-5-9-25(29)10-6-22/h5-12,15-16,28,30H,13-14,17-19H2,1-4H3. The summed E-state index contributed by atoms with van der Waals surface area (Å²) in [4.78, 5) is 0. The molecule has 0 heterocycles. The third-order valence-corrected chi connectivity index (χ3v) is 8.02. The van der Waals surface area contributed by atoms with Gasteiger partial charge in [-0.15, -0.1) is 0 Å². The van der Waals surface area contributed by atoms with Crippen molar-refractivity contribution in [3.05, 3.63) is 99.9 Å². The lowest BCUT2D eigenvalue weighted by Crippen LogP contribution is -2.08. The zero-order valence-corrected chi connectivity index (χ0v) is 22.1. The number of benzene rings is 3. The summed E-state index contributed by atoms with van der Waals surface area (Å²) in [5.74, 6) is 0.471. The van der Waals surface area contributed by atoms with E-state index in [0.717, 1.165) is 28.7 Å². The van der Waals surface area contributed by atoms with Crippen molar-refractivity contribution in [2.24, 2.45) is 0 Å². The van der Waals surface area contributed by atoms with Gasteiger partial charge in [-0.2, -0.15) is 0 Å². The van der Waals surface area contributed by atoms with Gasteiger partial charge in [0.25, 0.3) is 0 Å². The van der Waals surface area contributed by atoms with Crippen LogP contribution in [0.4, 0.5) is 4.39 Å². The summed E-state index contributed by atoms with van der Waals surface area (Å²) in [5.41, 5.74) is 6.09. The van der Waals surface area contributed by atoms with Crippen LogP contribution in [0, 0.1) is 19.7 Å². The van der Waals surface area contributed by atoms with Crippen LogP contribution in [-0.4, -0.2) is 38.9 Å². The minimum absolute atomic E-state index is 0.102. The molecule has 0 bridgehead atoms. The SMILES string of the molecule is COP(=O)(CC(O)c1cc(C)c(Cc2ccc(OCOCCc3ccc(F)cc3)cc2)c(C)c1)OC. The van der Waals surface area contributed by atoms with Gasteiger partial charge in [-0.3, -0.25) is 4.57 Å². The molecule has 3 rings (SSSR count). The fraction of sp³-hybridized carbons (Fsp3) is 0.357. The van der Waals surface area contributed by atoms with Crippen LogP contribution in [0.2, 0.25) is 0 Å². The third kappa shape index (κ3) is 7.99. The fourth-order valence-electron chi connectivity index (χ4n) is 3.96. The summed E-state index contributed by atoms with van der Waals surface area (Å²) in [6.45, 7) is 4.64. The maximum Gasteiger partial charge on any atom is 0.333 e. The molecule has 0 radical (unpaired) electrons. The molecular formula is C28H34FO6P. The lowest BCUT2D eigenvalue weighted by atomic mass is 9.93. The number of aliphatic hydroxyl groups excluding tert-OH is 1. The van der Waals surface area contributed by atoms with Gasteiger partial charge in [0, 0.05) is 14.2 Å². The molecular weight excluding hydrogens is 482 g/mol. The summed E-state index contributed by atoms with van der Waals surface area (Å²) >= 11 is 0. The van der Waals surface area contributed by atoms with Crippen molar-refractivity contribution >= 4 is 7.60 Å². The predicted octanol–water partition coefficient (Wildman–Crippen LogP) is 6.15. The van der Waals surface area contributed by atoms with E-state index >= 15 is 0 Å². The average Bonchev–Trinajstić information content (AvgIpc) is 2.87. The van der Waals surface area contributed by atoms with E-state index in [1.54, 1.807) is 12.1 Å². The number of hydrogen-bond acceptors (Lipinski definition) is 6. The number of halogens is 1. The Kier molecular flexibility index (Phi) is 10.2. The smallest absolute Gasteiger partial charge is 0.333 e. The van der Waals surface area contributed by atoms with Gasteiger partial charge in [0.05, 0.1) is 18.9 Å². The second kappa shape index (κ2) is 13.1. The third-order valence-electron chi connectivity index (χ3n) is 6.12. The molecule has 0 aliphatic carbocycles. The molecule has 36 heavy (non-hydrogen) atoms. The molecule has 194 valence electrons. The van der Waals surface area contributed by atoms with Crippen LogP contribution in [0.15, 0.2) is 60.7 Å². The monoisotopic (exact) mass is 516 g/mol. The van der Waals surface area contributed by atoms with Crippen LogP contribution in [-0.2, 0) is 31.2 Å². The molecule has 0 spiro atoms. The van der Waals surface area contributed by atoms with E-state index in [1.165, 1.54) is 31.9 Å².